The molecule has 0 spiro atoms. The van der Waals surface area contributed by atoms with Crippen molar-refractivity contribution in [3.63, 3.8) is 0 Å². The highest BCUT2D eigenvalue weighted by Crippen LogP contribution is 2.24. The molecule has 1 unspecified atom stereocenters. The van der Waals surface area contributed by atoms with Gasteiger partial charge in [-0.15, -0.1) is 0 Å². The number of nitrogens with zero attached hydrogens (tertiary/aromatic N) is 4. The summed E-state index contributed by atoms with van der Waals surface area (Å²) in [6, 6.07) is 0.705. The molecule has 2 saturated heterocycles. The Hall–Kier alpha value is -1.40. The summed E-state index contributed by atoms with van der Waals surface area (Å²) in [5, 5.41) is 0.502. The molecule has 3 heterocycles. The summed E-state index contributed by atoms with van der Waals surface area (Å²) in [5.41, 5.74) is 0. The first-order valence-electron chi connectivity index (χ1n) is 8.23. The number of ether oxygens (including phenoxy) is 1. The van der Waals surface area contributed by atoms with E-state index in [2.05, 4.69) is 28.7 Å². The normalized spacial score (nSPS) is 23.7. The number of piperidine rings is 1. The summed E-state index contributed by atoms with van der Waals surface area (Å²) in [7, 11) is 0. The van der Waals surface area contributed by atoms with Crippen LogP contribution in [-0.4, -0.2) is 63.5 Å². The van der Waals surface area contributed by atoms with Crippen LogP contribution in [0.15, 0.2) is 12.4 Å². The molecule has 2 fully saturated rings. The number of rotatable bonds is 4. The molecule has 7 heteroatoms. The maximum Gasteiger partial charge on any atom is 0.316 e. The van der Waals surface area contributed by atoms with E-state index in [1.807, 2.05) is 4.90 Å². The lowest BCUT2D eigenvalue weighted by Crippen LogP contribution is -2.48. The van der Waals surface area contributed by atoms with Gasteiger partial charge >= 0.3 is 6.01 Å². The molecule has 1 amide bonds. The van der Waals surface area contributed by atoms with Crippen LogP contribution in [0.5, 0.6) is 6.01 Å². The summed E-state index contributed by atoms with van der Waals surface area (Å²) < 4.78 is 5.80. The van der Waals surface area contributed by atoms with E-state index in [1.165, 1.54) is 12.4 Å². The fourth-order valence-corrected chi connectivity index (χ4v) is 3.45. The standard InChI is InChI=1S/C16H23ClN4O2/c1-11(2)21-8-5-14(15(21)22)20-6-3-13(4-7-20)23-16-18-9-12(17)10-19-16/h9-11,13-14H,3-8H2,1-2H3. The highest BCUT2D eigenvalue weighted by molar-refractivity contribution is 6.30. The quantitative estimate of drug-likeness (QED) is 0.840. The average Bonchev–Trinajstić information content (AvgIpc) is 2.92. The molecule has 0 bridgehead atoms. The molecule has 2 aliphatic heterocycles. The molecule has 23 heavy (non-hydrogen) atoms. The van der Waals surface area contributed by atoms with Crippen molar-refractivity contribution in [2.24, 2.45) is 0 Å². The van der Waals surface area contributed by atoms with Crippen LogP contribution in [-0.2, 0) is 4.79 Å². The van der Waals surface area contributed by atoms with Crippen molar-refractivity contribution >= 4 is 17.5 Å². The smallest absolute Gasteiger partial charge is 0.316 e. The SMILES string of the molecule is CC(C)N1CCC(N2CCC(Oc3ncc(Cl)cn3)CC2)C1=O. The van der Waals surface area contributed by atoms with E-state index >= 15 is 0 Å². The number of hydrogen-bond donors (Lipinski definition) is 0. The Morgan fingerprint density at radius 1 is 1.17 bits per heavy atom. The number of hydrogen-bond acceptors (Lipinski definition) is 5. The molecule has 0 aliphatic carbocycles. The molecule has 1 atom stereocenters. The van der Waals surface area contributed by atoms with Crippen LogP contribution in [0.3, 0.4) is 0 Å². The van der Waals surface area contributed by atoms with Gasteiger partial charge in [0.1, 0.15) is 6.10 Å². The number of amides is 1. The lowest BCUT2D eigenvalue weighted by atomic mass is 10.0. The van der Waals surface area contributed by atoms with E-state index < -0.39 is 0 Å². The Morgan fingerprint density at radius 3 is 2.39 bits per heavy atom. The number of aromatic nitrogens is 2. The van der Waals surface area contributed by atoms with Crippen molar-refractivity contribution in [2.45, 2.75) is 51.3 Å². The van der Waals surface area contributed by atoms with E-state index in [1.54, 1.807) is 0 Å². The Labute approximate surface area is 141 Å². The minimum atomic E-state index is 0.0464. The van der Waals surface area contributed by atoms with Gasteiger partial charge in [0.2, 0.25) is 5.91 Å². The maximum absolute atomic E-state index is 12.5. The molecule has 0 saturated carbocycles. The molecule has 2 aliphatic rings. The van der Waals surface area contributed by atoms with Gasteiger partial charge in [-0.25, -0.2) is 9.97 Å². The first-order chi connectivity index (χ1) is 11.0. The second kappa shape index (κ2) is 7.01. The Morgan fingerprint density at radius 2 is 1.83 bits per heavy atom. The summed E-state index contributed by atoms with van der Waals surface area (Å²) in [4.78, 5) is 24.9. The van der Waals surface area contributed by atoms with Gasteiger partial charge in [0, 0.05) is 25.7 Å². The zero-order valence-electron chi connectivity index (χ0n) is 13.6. The Bertz CT molecular complexity index is 544. The first-order valence-corrected chi connectivity index (χ1v) is 8.61. The molecule has 1 aromatic rings. The van der Waals surface area contributed by atoms with Crippen molar-refractivity contribution in [2.75, 3.05) is 19.6 Å². The van der Waals surface area contributed by atoms with Crippen LogP contribution in [0.25, 0.3) is 0 Å². The van der Waals surface area contributed by atoms with Gasteiger partial charge in [-0.3, -0.25) is 9.69 Å². The van der Waals surface area contributed by atoms with Gasteiger partial charge in [0.05, 0.1) is 23.5 Å². The number of halogens is 1. The van der Waals surface area contributed by atoms with E-state index in [0.717, 1.165) is 38.9 Å². The molecule has 3 rings (SSSR count). The van der Waals surface area contributed by atoms with E-state index in [-0.39, 0.29) is 24.1 Å². The fraction of sp³-hybridized carbons (Fsp3) is 0.688. The van der Waals surface area contributed by atoms with Gasteiger partial charge in [-0.1, -0.05) is 11.6 Å². The monoisotopic (exact) mass is 338 g/mol. The minimum Gasteiger partial charge on any atom is -0.460 e. The van der Waals surface area contributed by atoms with Crippen LogP contribution >= 0.6 is 11.6 Å². The molecule has 1 aromatic heterocycles. The molecule has 126 valence electrons. The molecular formula is C16H23ClN4O2. The second-order valence-electron chi connectivity index (χ2n) is 6.47. The second-order valence-corrected chi connectivity index (χ2v) is 6.90. The highest BCUT2D eigenvalue weighted by Gasteiger charge is 2.38. The van der Waals surface area contributed by atoms with Crippen LogP contribution in [0.4, 0.5) is 0 Å². The zero-order chi connectivity index (χ0) is 16.4. The summed E-state index contributed by atoms with van der Waals surface area (Å²) in [6.07, 6.45) is 5.88. The highest BCUT2D eigenvalue weighted by atomic mass is 35.5. The Balaban J connectivity index is 1.51. The van der Waals surface area contributed by atoms with E-state index in [4.69, 9.17) is 16.3 Å². The van der Waals surface area contributed by atoms with Crippen LogP contribution in [0.2, 0.25) is 5.02 Å². The third-order valence-corrected chi connectivity index (χ3v) is 4.82. The van der Waals surface area contributed by atoms with E-state index in [9.17, 15) is 4.79 Å². The molecule has 0 radical (unpaired) electrons. The topological polar surface area (TPSA) is 58.6 Å². The minimum absolute atomic E-state index is 0.0464. The zero-order valence-corrected chi connectivity index (χ0v) is 14.4. The number of carbonyl (C=O) groups excluding carboxylic acids is 1. The van der Waals surface area contributed by atoms with Crippen LogP contribution < -0.4 is 4.74 Å². The van der Waals surface area contributed by atoms with Gasteiger partial charge in [0.15, 0.2) is 0 Å². The van der Waals surface area contributed by atoms with Gasteiger partial charge in [0.25, 0.3) is 0 Å². The van der Waals surface area contributed by atoms with Crippen LogP contribution in [0.1, 0.15) is 33.1 Å². The third kappa shape index (κ3) is 3.75. The predicted octanol–water partition coefficient (Wildman–Crippen LogP) is 1.98. The molecule has 0 aromatic carbocycles. The van der Waals surface area contributed by atoms with Gasteiger partial charge < -0.3 is 9.64 Å². The number of carbonyl (C=O) groups is 1. The molecule has 0 N–H and O–H groups in total. The summed E-state index contributed by atoms with van der Waals surface area (Å²) in [6.45, 7) is 6.77. The summed E-state index contributed by atoms with van der Waals surface area (Å²) in [5.74, 6) is 0.278. The van der Waals surface area contributed by atoms with Crippen molar-refractivity contribution in [3.8, 4) is 6.01 Å². The lowest BCUT2D eigenvalue weighted by Gasteiger charge is -2.35. The Kier molecular flexibility index (Phi) is 5.02. The molecular weight excluding hydrogens is 316 g/mol. The average molecular weight is 339 g/mol. The van der Waals surface area contributed by atoms with Gasteiger partial charge in [-0.2, -0.15) is 0 Å². The fourth-order valence-electron chi connectivity index (χ4n) is 3.35. The predicted molar refractivity (Wildman–Crippen MR) is 87.5 cm³/mol. The van der Waals surface area contributed by atoms with Crippen molar-refractivity contribution in [1.82, 2.24) is 19.8 Å². The molecule has 6 nitrogen and oxygen atoms in total. The third-order valence-electron chi connectivity index (χ3n) is 4.62. The maximum atomic E-state index is 12.5. The van der Waals surface area contributed by atoms with Crippen molar-refractivity contribution in [3.05, 3.63) is 17.4 Å². The van der Waals surface area contributed by atoms with Crippen molar-refractivity contribution in [1.29, 1.82) is 0 Å². The largest absolute Gasteiger partial charge is 0.460 e. The lowest BCUT2D eigenvalue weighted by molar-refractivity contribution is -0.134. The van der Waals surface area contributed by atoms with E-state index in [0.29, 0.717) is 11.0 Å². The van der Waals surface area contributed by atoms with Crippen LogP contribution in [0, 0.1) is 0 Å². The summed E-state index contributed by atoms with van der Waals surface area (Å²) >= 11 is 5.77. The first kappa shape index (κ1) is 16.5. The van der Waals surface area contributed by atoms with Crippen molar-refractivity contribution < 1.29 is 9.53 Å². The number of likely N-dealkylation sites (tertiary alicyclic amines) is 2. The van der Waals surface area contributed by atoms with Gasteiger partial charge in [-0.05, 0) is 33.1 Å².